The molecule has 0 aromatic rings. The normalized spacial score (nSPS) is 34.7. The van der Waals surface area contributed by atoms with Crippen molar-refractivity contribution in [2.24, 2.45) is 0 Å². The van der Waals surface area contributed by atoms with Gasteiger partial charge in [-0.15, -0.1) is 0 Å². The van der Waals surface area contributed by atoms with Crippen molar-refractivity contribution >= 4 is 0 Å². The number of hydrogen-bond donors (Lipinski definition) is 1. The second-order valence-corrected chi connectivity index (χ2v) is 5.42. The van der Waals surface area contributed by atoms with E-state index in [4.69, 9.17) is 0 Å². The number of nitrogens with zero attached hydrogens (tertiary/aromatic N) is 2. The third kappa shape index (κ3) is 1.81. The highest BCUT2D eigenvalue weighted by molar-refractivity contribution is 4.98. The smallest absolute Gasteiger partial charge is 0.0599 e. The Hall–Kier alpha value is -0.120. The van der Waals surface area contributed by atoms with Crippen LogP contribution in [0.1, 0.15) is 26.7 Å². The van der Waals surface area contributed by atoms with Crippen molar-refractivity contribution in [3.05, 3.63) is 0 Å². The second-order valence-electron chi connectivity index (χ2n) is 5.42. The highest BCUT2D eigenvalue weighted by atomic mass is 16.3. The summed E-state index contributed by atoms with van der Waals surface area (Å²) in [6, 6.07) is 1.14. The first-order chi connectivity index (χ1) is 6.54. The van der Waals surface area contributed by atoms with E-state index in [-0.39, 0.29) is 12.1 Å². The Morgan fingerprint density at radius 1 is 1.36 bits per heavy atom. The first-order valence-electron chi connectivity index (χ1n) is 5.62. The van der Waals surface area contributed by atoms with Crippen LogP contribution in [0.15, 0.2) is 0 Å². The molecule has 0 aromatic carbocycles. The third-order valence-corrected chi connectivity index (χ3v) is 3.81. The van der Waals surface area contributed by atoms with Gasteiger partial charge in [-0.3, -0.25) is 9.80 Å². The maximum absolute atomic E-state index is 9.35. The van der Waals surface area contributed by atoms with E-state index < -0.39 is 0 Å². The van der Waals surface area contributed by atoms with Crippen LogP contribution in [-0.4, -0.2) is 59.3 Å². The Morgan fingerprint density at radius 3 is 2.50 bits per heavy atom. The van der Waals surface area contributed by atoms with E-state index in [1.165, 1.54) is 12.8 Å². The third-order valence-electron chi connectivity index (χ3n) is 3.81. The molecule has 1 aliphatic heterocycles. The summed E-state index contributed by atoms with van der Waals surface area (Å²) >= 11 is 0. The minimum atomic E-state index is 0.203. The average molecular weight is 198 g/mol. The van der Waals surface area contributed by atoms with Gasteiger partial charge in [-0.2, -0.15) is 0 Å². The molecule has 1 saturated carbocycles. The number of rotatable bonds is 2. The van der Waals surface area contributed by atoms with Crippen LogP contribution >= 0.6 is 0 Å². The van der Waals surface area contributed by atoms with Crippen molar-refractivity contribution < 1.29 is 5.11 Å². The zero-order valence-electron chi connectivity index (χ0n) is 9.53. The summed E-state index contributed by atoms with van der Waals surface area (Å²) in [6.07, 6.45) is 2.72. The van der Waals surface area contributed by atoms with Gasteiger partial charge in [0.05, 0.1) is 6.61 Å². The zero-order chi connectivity index (χ0) is 10.3. The van der Waals surface area contributed by atoms with Crippen LogP contribution in [0.2, 0.25) is 0 Å². The quantitative estimate of drug-likeness (QED) is 0.701. The molecule has 2 rings (SSSR count). The van der Waals surface area contributed by atoms with Crippen molar-refractivity contribution in [2.45, 2.75) is 44.3 Å². The molecule has 3 heteroatoms. The molecule has 0 bridgehead atoms. The van der Waals surface area contributed by atoms with E-state index in [1.54, 1.807) is 0 Å². The first-order valence-corrected chi connectivity index (χ1v) is 5.62. The summed E-state index contributed by atoms with van der Waals surface area (Å²) in [5.74, 6) is 0. The Kier molecular flexibility index (Phi) is 2.58. The van der Waals surface area contributed by atoms with Gasteiger partial charge in [0.15, 0.2) is 0 Å². The summed E-state index contributed by atoms with van der Waals surface area (Å²) in [5.41, 5.74) is 0.203. The Labute approximate surface area is 86.7 Å². The minimum absolute atomic E-state index is 0.203. The van der Waals surface area contributed by atoms with Crippen LogP contribution < -0.4 is 0 Å². The lowest BCUT2D eigenvalue weighted by molar-refractivity contribution is -0.0298. The van der Waals surface area contributed by atoms with Gasteiger partial charge in [-0.25, -0.2) is 0 Å². The fourth-order valence-corrected chi connectivity index (χ4v) is 2.46. The monoisotopic (exact) mass is 198 g/mol. The highest BCUT2D eigenvalue weighted by Gasteiger charge is 2.41. The predicted molar refractivity (Wildman–Crippen MR) is 57.3 cm³/mol. The number of likely N-dealkylation sites (N-methyl/N-ethyl adjacent to an activating group) is 1. The van der Waals surface area contributed by atoms with Gasteiger partial charge in [0, 0.05) is 30.7 Å². The fourth-order valence-electron chi connectivity index (χ4n) is 2.46. The molecule has 1 aliphatic carbocycles. The van der Waals surface area contributed by atoms with Gasteiger partial charge >= 0.3 is 0 Å². The van der Waals surface area contributed by atoms with Crippen molar-refractivity contribution in [3.63, 3.8) is 0 Å². The summed E-state index contributed by atoms with van der Waals surface area (Å²) in [4.78, 5) is 4.88. The Morgan fingerprint density at radius 2 is 2.00 bits per heavy atom. The molecule has 1 saturated heterocycles. The number of piperazine rings is 1. The first kappa shape index (κ1) is 10.4. The standard InChI is InChI=1S/C11H22N2O/c1-11(2)8-13(9-4-5-9)6-10(7-14)12(11)3/h9-10,14H,4-8H2,1-3H3. The second kappa shape index (κ2) is 3.47. The van der Waals surface area contributed by atoms with E-state index >= 15 is 0 Å². The lowest BCUT2D eigenvalue weighted by Crippen LogP contribution is -2.63. The molecule has 0 radical (unpaired) electrons. The maximum atomic E-state index is 9.35. The van der Waals surface area contributed by atoms with Crippen molar-refractivity contribution in [1.82, 2.24) is 9.80 Å². The molecule has 82 valence electrons. The molecule has 14 heavy (non-hydrogen) atoms. The zero-order valence-corrected chi connectivity index (χ0v) is 9.53. The van der Waals surface area contributed by atoms with Crippen LogP contribution in [0, 0.1) is 0 Å². The largest absolute Gasteiger partial charge is 0.395 e. The van der Waals surface area contributed by atoms with E-state index in [2.05, 4.69) is 30.7 Å². The molecule has 1 atom stereocenters. The molecule has 2 aliphatic rings. The molecule has 0 spiro atoms. The van der Waals surface area contributed by atoms with Crippen molar-refractivity contribution in [2.75, 3.05) is 26.7 Å². The molecule has 2 fully saturated rings. The van der Waals surface area contributed by atoms with Crippen LogP contribution in [0.25, 0.3) is 0 Å². The SMILES string of the molecule is CN1C(CO)CN(C2CC2)CC1(C)C. The lowest BCUT2D eigenvalue weighted by Gasteiger charge is -2.50. The molecular weight excluding hydrogens is 176 g/mol. The molecular formula is C11H22N2O. The highest BCUT2D eigenvalue weighted by Crippen LogP contribution is 2.33. The van der Waals surface area contributed by atoms with Gasteiger partial charge in [0.2, 0.25) is 0 Å². The predicted octanol–water partition coefficient (Wildman–Crippen LogP) is 0.536. The lowest BCUT2D eigenvalue weighted by atomic mass is 9.96. The van der Waals surface area contributed by atoms with Gasteiger partial charge in [-0.05, 0) is 33.7 Å². The van der Waals surface area contributed by atoms with Gasteiger partial charge in [0.1, 0.15) is 0 Å². The van der Waals surface area contributed by atoms with Crippen LogP contribution in [0.4, 0.5) is 0 Å². The molecule has 1 N–H and O–H groups in total. The van der Waals surface area contributed by atoms with E-state index in [9.17, 15) is 5.11 Å². The van der Waals surface area contributed by atoms with Gasteiger partial charge in [-0.1, -0.05) is 0 Å². The summed E-state index contributed by atoms with van der Waals surface area (Å²) < 4.78 is 0. The number of hydrogen-bond acceptors (Lipinski definition) is 3. The number of aliphatic hydroxyl groups excluding tert-OH is 1. The molecule has 0 aromatic heterocycles. The van der Waals surface area contributed by atoms with E-state index in [0.717, 1.165) is 19.1 Å². The van der Waals surface area contributed by atoms with E-state index in [0.29, 0.717) is 6.04 Å². The van der Waals surface area contributed by atoms with Crippen LogP contribution in [0.5, 0.6) is 0 Å². The van der Waals surface area contributed by atoms with Gasteiger partial charge < -0.3 is 5.11 Å². The Bertz CT molecular complexity index is 213. The maximum Gasteiger partial charge on any atom is 0.0599 e. The minimum Gasteiger partial charge on any atom is -0.395 e. The van der Waals surface area contributed by atoms with Crippen LogP contribution in [0.3, 0.4) is 0 Å². The van der Waals surface area contributed by atoms with Gasteiger partial charge in [0.25, 0.3) is 0 Å². The average Bonchev–Trinajstić information content (AvgIpc) is 2.92. The van der Waals surface area contributed by atoms with Crippen molar-refractivity contribution in [1.29, 1.82) is 0 Å². The summed E-state index contributed by atoms with van der Waals surface area (Å²) in [6.45, 7) is 7.00. The molecule has 1 unspecified atom stereocenters. The van der Waals surface area contributed by atoms with Crippen molar-refractivity contribution in [3.8, 4) is 0 Å². The molecule has 3 nitrogen and oxygen atoms in total. The molecule has 0 amide bonds. The summed E-state index contributed by atoms with van der Waals surface area (Å²) in [7, 11) is 2.13. The Balaban J connectivity index is 2.06. The summed E-state index contributed by atoms with van der Waals surface area (Å²) in [5, 5.41) is 9.35. The molecule has 1 heterocycles. The van der Waals surface area contributed by atoms with Crippen LogP contribution in [-0.2, 0) is 0 Å². The topological polar surface area (TPSA) is 26.7 Å². The number of aliphatic hydroxyl groups is 1. The fraction of sp³-hybridized carbons (Fsp3) is 1.00. The van der Waals surface area contributed by atoms with E-state index in [1.807, 2.05) is 0 Å².